The lowest BCUT2D eigenvalue weighted by molar-refractivity contribution is -0.117. The summed E-state index contributed by atoms with van der Waals surface area (Å²) in [5.74, 6) is 0.186. The summed E-state index contributed by atoms with van der Waals surface area (Å²) in [6.45, 7) is 1.61. The van der Waals surface area contributed by atoms with Crippen LogP contribution in [-0.4, -0.2) is 29.8 Å². The Morgan fingerprint density at radius 3 is 2.30 bits per heavy atom. The Morgan fingerprint density at radius 2 is 1.65 bits per heavy atom. The van der Waals surface area contributed by atoms with Gasteiger partial charge < -0.3 is 10.2 Å². The molecule has 2 aromatic rings. The van der Waals surface area contributed by atoms with Crippen LogP contribution in [0.5, 0.6) is 0 Å². The van der Waals surface area contributed by atoms with Crippen molar-refractivity contribution in [2.24, 2.45) is 5.92 Å². The van der Waals surface area contributed by atoms with Gasteiger partial charge in [-0.2, -0.15) is 0 Å². The van der Waals surface area contributed by atoms with Crippen LogP contribution in [-0.2, 0) is 4.79 Å². The molecule has 1 saturated carbocycles. The normalized spacial score (nSPS) is 17.5. The summed E-state index contributed by atoms with van der Waals surface area (Å²) >= 11 is 0. The lowest BCUT2D eigenvalue weighted by atomic mass is 10.0. The molecule has 2 amide bonds. The topological polar surface area (TPSA) is 49.4 Å². The van der Waals surface area contributed by atoms with E-state index in [1.807, 2.05) is 41.3 Å². The third-order valence-electron chi connectivity index (χ3n) is 4.72. The molecule has 0 unspecified atom stereocenters. The average Bonchev–Trinajstić information content (AvgIpc) is 3.28. The first-order chi connectivity index (χ1) is 11.2. The van der Waals surface area contributed by atoms with Gasteiger partial charge in [0.25, 0.3) is 5.91 Å². The number of carbonyl (C=O) groups excluding carboxylic acids is 2. The van der Waals surface area contributed by atoms with Crippen LogP contribution in [0.1, 0.15) is 36.0 Å². The van der Waals surface area contributed by atoms with Crippen LogP contribution in [0.3, 0.4) is 0 Å². The zero-order valence-corrected chi connectivity index (χ0v) is 13.0. The monoisotopic (exact) mass is 308 g/mol. The first-order valence-corrected chi connectivity index (χ1v) is 8.35. The van der Waals surface area contributed by atoms with E-state index in [9.17, 15) is 9.59 Å². The Hall–Kier alpha value is -2.36. The maximum Gasteiger partial charge on any atom is 0.255 e. The second kappa shape index (κ2) is 5.69. The highest BCUT2D eigenvalue weighted by atomic mass is 16.2. The standard InChI is InChI=1S/C19H20N2O2/c22-18(13-7-8-13)20-17-12-15-6-2-1-5-14(15)11-16(17)19(23)21-9-3-4-10-21/h1-2,5-6,11-13H,3-4,7-10H2,(H,20,22). The largest absolute Gasteiger partial charge is 0.339 e. The van der Waals surface area contributed by atoms with Gasteiger partial charge in [0.05, 0.1) is 11.3 Å². The van der Waals surface area contributed by atoms with Crippen LogP contribution in [0.25, 0.3) is 10.8 Å². The van der Waals surface area contributed by atoms with Gasteiger partial charge in [0, 0.05) is 19.0 Å². The number of amides is 2. The predicted octanol–water partition coefficient (Wildman–Crippen LogP) is 3.42. The van der Waals surface area contributed by atoms with E-state index >= 15 is 0 Å². The lowest BCUT2D eigenvalue weighted by Gasteiger charge is -2.19. The maximum absolute atomic E-state index is 12.9. The molecule has 118 valence electrons. The summed E-state index contributed by atoms with van der Waals surface area (Å²) in [4.78, 5) is 26.9. The molecule has 0 spiro atoms. The Kier molecular flexibility index (Phi) is 3.52. The highest BCUT2D eigenvalue weighted by molar-refractivity contribution is 6.08. The third kappa shape index (κ3) is 2.81. The van der Waals surface area contributed by atoms with Crippen LogP contribution in [0.15, 0.2) is 36.4 Å². The Bertz CT molecular complexity index is 774. The van der Waals surface area contributed by atoms with Gasteiger partial charge in [-0.15, -0.1) is 0 Å². The second-order valence-corrected chi connectivity index (χ2v) is 6.51. The van der Waals surface area contributed by atoms with Crippen LogP contribution < -0.4 is 5.32 Å². The van der Waals surface area contributed by atoms with E-state index in [-0.39, 0.29) is 17.7 Å². The molecule has 23 heavy (non-hydrogen) atoms. The van der Waals surface area contributed by atoms with Gasteiger partial charge in [-0.1, -0.05) is 24.3 Å². The molecule has 0 bridgehead atoms. The molecule has 0 radical (unpaired) electrons. The summed E-state index contributed by atoms with van der Waals surface area (Å²) in [7, 11) is 0. The number of hydrogen-bond acceptors (Lipinski definition) is 2. The van der Waals surface area contributed by atoms with Crippen molar-refractivity contribution in [3.8, 4) is 0 Å². The van der Waals surface area contributed by atoms with E-state index < -0.39 is 0 Å². The number of nitrogens with one attached hydrogen (secondary N) is 1. The quantitative estimate of drug-likeness (QED) is 0.944. The smallest absolute Gasteiger partial charge is 0.255 e. The first-order valence-electron chi connectivity index (χ1n) is 8.35. The molecule has 1 aliphatic heterocycles. The SMILES string of the molecule is O=C(Nc1cc2ccccc2cc1C(=O)N1CCCC1)C1CC1. The fourth-order valence-electron chi connectivity index (χ4n) is 3.19. The number of benzene rings is 2. The molecule has 4 rings (SSSR count). The number of nitrogens with zero attached hydrogens (tertiary/aromatic N) is 1. The molecule has 4 nitrogen and oxygen atoms in total. The lowest BCUT2D eigenvalue weighted by Crippen LogP contribution is -2.29. The number of rotatable bonds is 3. The van der Waals surface area contributed by atoms with Crippen LogP contribution >= 0.6 is 0 Å². The van der Waals surface area contributed by atoms with Gasteiger partial charge in [0.2, 0.25) is 5.91 Å². The van der Waals surface area contributed by atoms with Crippen molar-refractivity contribution >= 4 is 28.3 Å². The number of hydrogen-bond donors (Lipinski definition) is 1. The first kappa shape index (κ1) is 14.2. The van der Waals surface area contributed by atoms with E-state index in [4.69, 9.17) is 0 Å². The van der Waals surface area contributed by atoms with Crippen molar-refractivity contribution in [3.63, 3.8) is 0 Å². The minimum Gasteiger partial charge on any atom is -0.339 e. The molecule has 4 heteroatoms. The molecule has 0 atom stereocenters. The maximum atomic E-state index is 12.9. The van der Waals surface area contributed by atoms with E-state index in [0.717, 1.165) is 49.5 Å². The van der Waals surface area contributed by atoms with E-state index in [1.54, 1.807) is 0 Å². The van der Waals surface area contributed by atoms with Crippen LogP contribution in [0.2, 0.25) is 0 Å². The van der Waals surface area contributed by atoms with Gasteiger partial charge in [-0.25, -0.2) is 0 Å². The van der Waals surface area contributed by atoms with Crippen LogP contribution in [0.4, 0.5) is 5.69 Å². The van der Waals surface area contributed by atoms with Gasteiger partial charge in [0.15, 0.2) is 0 Å². The summed E-state index contributed by atoms with van der Waals surface area (Å²) in [6.07, 6.45) is 4.02. The minimum absolute atomic E-state index is 0.0272. The molecule has 0 aromatic heterocycles. The fourth-order valence-corrected chi connectivity index (χ4v) is 3.19. The van der Waals surface area contributed by atoms with Crippen molar-refractivity contribution in [1.82, 2.24) is 4.90 Å². The Balaban J connectivity index is 1.74. The Morgan fingerprint density at radius 1 is 1.00 bits per heavy atom. The molecule has 2 aliphatic rings. The molecule has 1 N–H and O–H groups in total. The Labute approximate surface area is 135 Å². The highest BCUT2D eigenvalue weighted by Crippen LogP contribution is 2.32. The average molecular weight is 308 g/mol. The van der Waals surface area contributed by atoms with Crippen molar-refractivity contribution in [2.45, 2.75) is 25.7 Å². The fraction of sp³-hybridized carbons (Fsp3) is 0.368. The summed E-state index contributed by atoms with van der Waals surface area (Å²) < 4.78 is 0. The van der Waals surface area contributed by atoms with Crippen molar-refractivity contribution < 1.29 is 9.59 Å². The molecular weight excluding hydrogens is 288 g/mol. The number of anilines is 1. The zero-order chi connectivity index (χ0) is 15.8. The van der Waals surface area contributed by atoms with Crippen molar-refractivity contribution in [1.29, 1.82) is 0 Å². The van der Waals surface area contributed by atoms with Crippen molar-refractivity contribution in [2.75, 3.05) is 18.4 Å². The molecule has 2 aromatic carbocycles. The predicted molar refractivity (Wildman–Crippen MR) is 90.4 cm³/mol. The molecule has 1 saturated heterocycles. The number of fused-ring (bicyclic) bond motifs is 1. The van der Waals surface area contributed by atoms with Gasteiger partial charge >= 0.3 is 0 Å². The van der Waals surface area contributed by atoms with Crippen LogP contribution in [0, 0.1) is 5.92 Å². The number of likely N-dealkylation sites (tertiary alicyclic amines) is 1. The third-order valence-corrected chi connectivity index (χ3v) is 4.72. The highest BCUT2D eigenvalue weighted by Gasteiger charge is 2.31. The molecule has 1 heterocycles. The van der Waals surface area contributed by atoms with Gasteiger partial charge in [-0.3, -0.25) is 9.59 Å². The summed E-state index contributed by atoms with van der Waals surface area (Å²) in [5, 5.41) is 5.05. The van der Waals surface area contributed by atoms with Gasteiger partial charge in [0.1, 0.15) is 0 Å². The van der Waals surface area contributed by atoms with Gasteiger partial charge in [-0.05, 0) is 48.6 Å². The second-order valence-electron chi connectivity index (χ2n) is 6.51. The van der Waals surface area contributed by atoms with E-state index in [1.165, 1.54) is 0 Å². The van der Waals surface area contributed by atoms with E-state index in [2.05, 4.69) is 5.32 Å². The minimum atomic E-state index is 0.0272. The summed E-state index contributed by atoms with van der Waals surface area (Å²) in [6, 6.07) is 11.8. The summed E-state index contributed by atoms with van der Waals surface area (Å²) in [5.41, 5.74) is 1.26. The van der Waals surface area contributed by atoms with E-state index in [0.29, 0.717) is 11.3 Å². The zero-order valence-electron chi connectivity index (χ0n) is 13.0. The molecule has 1 aliphatic carbocycles. The van der Waals surface area contributed by atoms with Crippen molar-refractivity contribution in [3.05, 3.63) is 42.0 Å². The molecule has 2 fully saturated rings. The number of carbonyl (C=O) groups is 2. The molecular formula is C19H20N2O2.